The Balaban J connectivity index is 1.22. The molecule has 0 saturated carbocycles. The molecule has 5 heteroatoms. The first-order valence-corrected chi connectivity index (χ1v) is 16.1. The number of nitrogens with zero attached hydrogens (tertiary/aromatic N) is 5. The van der Waals surface area contributed by atoms with E-state index in [1.807, 2.05) is 42.6 Å². The van der Waals surface area contributed by atoms with Gasteiger partial charge in [-0.1, -0.05) is 103 Å². The van der Waals surface area contributed by atoms with Crippen molar-refractivity contribution in [2.75, 3.05) is 0 Å². The summed E-state index contributed by atoms with van der Waals surface area (Å²) in [5.41, 5.74) is 10.5. The second-order valence-corrected chi connectivity index (χ2v) is 12.1. The Morgan fingerprint density at radius 1 is 0.396 bits per heavy atom. The van der Waals surface area contributed by atoms with E-state index in [-0.39, 0.29) is 0 Å². The highest BCUT2D eigenvalue weighted by Gasteiger charge is 2.19. The standard InChI is InChI=1S/C43H27N5/c1-3-12-28(13-4-1)41-35-17-7-9-19-37(35)45-43(46-41)48-40-27-30(21-23-33(40)34-18-11-25-44-42(34)48)29-22-24-39-36(26-29)32-16-8-10-20-38(32)47(39)31-14-5-2-6-15-31/h1-27H. The number of benzene rings is 6. The van der Waals surface area contributed by atoms with Gasteiger partial charge < -0.3 is 4.57 Å². The quantitative estimate of drug-likeness (QED) is 0.198. The molecule has 10 aromatic rings. The van der Waals surface area contributed by atoms with Crippen LogP contribution in [0.5, 0.6) is 0 Å². The lowest BCUT2D eigenvalue weighted by Crippen LogP contribution is -2.04. The van der Waals surface area contributed by atoms with Crippen molar-refractivity contribution in [2.24, 2.45) is 0 Å². The smallest absolute Gasteiger partial charge is 0.237 e. The summed E-state index contributed by atoms with van der Waals surface area (Å²) in [5.74, 6) is 0.602. The van der Waals surface area contributed by atoms with Crippen LogP contribution in [-0.4, -0.2) is 24.1 Å². The van der Waals surface area contributed by atoms with Gasteiger partial charge >= 0.3 is 0 Å². The van der Waals surface area contributed by atoms with Crippen LogP contribution in [-0.2, 0) is 0 Å². The Labute approximate surface area is 276 Å². The van der Waals surface area contributed by atoms with E-state index in [1.165, 1.54) is 21.8 Å². The Morgan fingerprint density at radius 2 is 1.06 bits per heavy atom. The first kappa shape index (κ1) is 26.6. The normalized spacial score (nSPS) is 11.8. The Hall–Kier alpha value is -6.59. The van der Waals surface area contributed by atoms with Crippen molar-refractivity contribution >= 4 is 54.6 Å². The van der Waals surface area contributed by atoms with Crippen LogP contribution < -0.4 is 0 Å². The molecule has 4 aromatic heterocycles. The molecule has 0 spiro atoms. The summed E-state index contributed by atoms with van der Waals surface area (Å²) in [7, 11) is 0. The Bertz CT molecular complexity index is 2830. The fourth-order valence-corrected chi connectivity index (χ4v) is 7.21. The molecule has 224 valence electrons. The number of rotatable bonds is 4. The highest BCUT2D eigenvalue weighted by atomic mass is 15.2. The molecule has 0 saturated heterocycles. The fourth-order valence-electron chi connectivity index (χ4n) is 7.21. The van der Waals surface area contributed by atoms with E-state index in [4.69, 9.17) is 15.0 Å². The highest BCUT2D eigenvalue weighted by Crippen LogP contribution is 2.38. The van der Waals surface area contributed by atoms with Gasteiger partial charge in [0.1, 0.15) is 5.65 Å². The lowest BCUT2D eigenvalue weighted by Gasteiger charge is -2.12. The van der Waals surface area contributed by atoms with Gasteiger partial charge in [0.15, 0.2) is 0 Å². The average Bonchev–Trinajstić information content (AvgIpc) is 3.67. The number of para-hydroxylation sites is 3. The zero-order chi connectivity index (χ0) is 31.6. The van der Waals surface area contributed by atoms with Gasteiger partial charge in [-0.15, -0.1) is 0 Å². The average molecular weight is 614 g/mol. The molecule has 0 bridgehead atoms. The minimum absolute atomic E-state index is 0.602. The van der Waals surface area contributed by atoms with Gasteiger partial charge in [-0.05, 0) is 65.7 Å². The minimum atomic E-state index is 0.602. The Kier molecular flexibility index (Phi) is 5.81. The lowest BCUT2D eigenvalue weighted by atomic mass is 10.0. The SMILES string of the molecule is c1ccc(-c2nc(-n3c4cc(-c5ccc6c(c5)c5ccccc5n6-c5ccccc5)ccc4c4cccnc43)nc3ccccc23)cc1. The minimum Gasteiger partial charge on any atom is -0.309 e. The fraction of sp³-hybridized carbons (Fsp3) is 0. The van der Waals surface area contributed by atoms with Crippen LogP contribution in [0.25, 0.3) is 88.7 Å². The maximum atomic E-state index is 5.23. The van der Waals surface area contributed by atoms with Crippen molar-refractivity contribution in [3.05, 3.63) is 164 Å². The van der Waals surface area contributed by atoms with Crippen LogP contribution in [0.1, 0.15) is 0 Å². The first-order valence-electron chi connectivity index (χ1n) is 16.1. The highest BCUT2D eigenvalue weighted by molar-refractivity contribution is 6.12. The predicted octanol–water partition coefficient (Wildman–Crippen LogP) is 10.6. The summed E-state index contributed by atoms with van der Waals surface area (Å²) in [6.07, 6.45) is 1.84. The topological polar surface area (TPSA) is 48.5 Å². The van der Waals surface area contributed by atoms with E-state index in [0.717, 1.165) is 60.9 Å². The van der Waals surface area contributed by atoms with Crippen LogP contribution >= 0.6 is 0 Å². The first-order chi connectivity index (χ1) is 23.8. The molecule has 0 fully saturated rings. The van der Waals surface area contributed by atoms with Crippen LogP contribution in [0.2, 0.25) is 0 Å². The third-order valence-electron chi connectivity index (χ3n) is 9.39. The van der Waals surface area contributed by atoms with Gasteiger partial charge in [0.25, 0.3) is 0 Å². The van der Waals surface area contributed by atoms with Crippen molar-refractivity contribution in [1.82, 2.24) is 24.1 Å². The molecular formula is C43H27N5. The summed E-state index contributed by atoms with van der Waals surface area (Å²) in [4.78, 5) is 15.2. The molecule has 0 aliphatic carbocycles. The molecule has 5 nitrogen and oxygen atoms in total. The number of fused-ring (bicyclic) bond motifs is 7. The summed E-state index contributed by atoms with van der Waals surface area (Å²) in [6.45, 7) is 0. The zero-order valence-electron chi connectivity index (χ0n) is 25.8. The van der Waals surface area contributed by atoms with Gasteiger partial charge in [-0.25, -0.2) is 15.0 Å². The van der Waals surface area contributed by atoms with Gasteiger partial charge in [0.05, 0.1) is 27.8 Å². The van der Waals surface area contributed by atoms with E-state index >= 15 is 0 Å². The predicted molar refractivity (Wildman–Crippen MR) is 197 cm³/mol. The Morgan fingerprint density at radius 3 is 1.94 bits per heavy atom. The molecule has 0 unspecified atom stereocenters. The number of hydrogen-bond donors (Lipinski definition) is 0. The molecule has 6 aromatic carbocycles. The zero-order valence-corrected chi connectivity index (χ0v) is 25.8. The maximum Gasteiger partial charge on any atom is 0.237 e. The molecular weight excluding hydrogens is 587 g/mol. The number of hydrogen-bond acceptors (Lipinski definition) is 3. The van der Waals surface area contributed by atoms with Crippen LogP contribution in [0.15, 0.2) is 164 Å². The summed E-state index contributed by atoms with van der Waals surface area (Å²) < 4.78 is 4.47. The van der Waals surface area contributed by atoms with Crippen molar-refractivity contribution in [3.8, 4) is 34.0 Å². The molecule has 0 radical (unpaired) electrons. The van der Waals surface area contributed by atoms with Crippen LogP contribution in [0.3, 0.4) is 0 Å². The second kappa shape index (κ2) is 10.5. The summed E-state index contributed by atoms with van der Waals surface area (Å²) in [5, 5.41) is 5.65. The molecule has 0 amide bonds. The molecule has 0 atom stereocenters. The van der Waals surface area contributed by atoms with Gasteiger partial charge in [-0.3, -0.25) is 4.57 Å². The second-order valence-electron chi connectivity index (χ2n) is 12.1. The van der Waals surface area contributed by atoms with E-state index in [9.17, 15) is 0 Å². The van der Waals surface area contributed by atoms with Gasteiger partial charge in [0, 0.05) is 44.4 Å². The third kappa shape index (κ3) is 4.01. The maximum absolute atomic E-state index is 5.23. The van der Waals surface area contributed by atoms with E-state index in [1.54, 1.807) is 0 Å². The number of pyridine rings is 1. The molecule has 0 aliphatic heterocycles. The monoisotopic (exact) mass is 613 g/mol. The number of aromatic nitrogens is 5. The van der Waals surface area contributed by atoms with Crippen molar-refractivity contribution in [1.29, 1.82) is 0 Å². The van der Waals surface area contributed by atoms with Gasteiger partial charge in [-0.2, -0.15) is 0 Å². The molecule has 10 rings (SSSR count). The molecule has 0 N–H and O–H groups in total. The largest absolute Gasteiger partial charge is 0.309 e. The van der Waals surface area contributed by atoms with Gasteiger partial charge in [0.2, 0.25) is 5.95 Å². The molecule has 0 aliphatic rings. The van der Waals surface area contributed by atoms with Crippen LogP contribution in [0, 0.1) is 0 Å². The molecule has 48 heavy (non-hydrogen) atoms. The van der Waals surface area contributed by atoms with E-state index < -0.39 is 0 Å². The van der Waals surface area contributed by atoms with Crippen LogP contribution in [0.4, 0.5) is 0 Å². The lowest BCUT2D eigenvalue weighted by molar-refractivity contribution is 0.998. The van der Waals surface area contributed by atoms with Crippen molar-refractivity contribution < 1.29 is 0 Å². The van der Waals surface area contributed by atoms with E-state index in [0.29, 0.717) is 5.95 Å². The van der Waals surface area contributed by atoms with Crippen molar-refractivity contribution in [3.63, 3.8) is 0 Å². The third-order valence-corrected chi connectivity index (χ3v) is 9.39. The summed E-state index contributed by atoms with van der Waals surface area (Å²) in [6, 6.07) is 55.4. The van der Waals surface area contributed by atoms with E-state index in [2.05, 4.69) is 130 Å². The molecule has 4 heterocycles. The summed E-state index contributed by atoms with van der Waals surface area (Å²) >= 11 is 0. The van der Waals surface area contributed by atoms with Crippen molar-refractivity contribution in [2.45, 2.75) is 0 Å².